The Morgan fingerprint density at radius 1 is 1.08 bits per heavy atom. The molecule has 0 spiro atoms. The average Bonchev–Trinajstić information content (AvgIpc) is 3.11. The van der Waals surface area contributed by atoms with E-state index in [2.05, 4.69) is 33.0 Å². The zero-order valence-corrected chi connectivity index (χ0v) is 17.2. The van der Waals surface area contributed by atoms with Gasteiger partial charge in [0.05, 0.1) is 10.9 Å². The first kappa shape index (κ1) is 19.5. The second-order valence-electron chi connectivity index (χ2n) is 7.02. The summed E-state index contributed by atoms with van der Waals surface area (Å²) in [6.07, 6.45) is 0. The van der Waals surface area contributed by atoms with Gasteiger partial charge in [-0.1, -0.05) is 23.8 Å². The summed E-state index contributed by atoms with van der Waals surface area (Å²) in [7, 11) is -1.42. The number of benzene rings is 1. The number of hydrogen-bond acceptors (Lipinski definition) is 5. The van der Waals surface area contributed by atoms with Crippen LogP contribution in [-0.4, -0.2) is 57.5 Å². The number of piperazine rings is 1. The Bertz CT molecular complexity index is 796. The van der Waals surface area contributed by atoms with Crippen LogP contribution in [0.1, 0.15) is 23.4 Å². The molecule has 3 rings (SSSR count). The molecule has 1 aromatic carbocycles. The summed E-state index contributed by atoms with van der Waals surface area (Å²) in [5.41, 5.74) is 1.05. The lowest BCUT2D eigenvalue weighted by Gasteiger charge is -2.40. The van der Waals surface area contributed by atoms with Gasteiger partial charge < -0.3 is 4.90 Å². The number of likely N-dealkylation sites (N-methyl/N-ethyl adjacent to an activating group) is 1. The summed E-state index contributed by atoms with van der Waals surface area (Å²) < 4.78 is 28.6. The van der Waals surface area contributed by atoms with E-state index in [0.717, 1.165) is 31.7 Å². The van der Waals surface area contributed by atoms with Gasteiger partial charge in [0.2, 0.25) is 10.0 Å². The minimum absolute atomic E-state index is 0.0453. The lowest BCUT2D eigenvalue weighted by Crippen LogP contribution is -2.51. The van der Waals surface area contributed by atoms with Crippen molar-refractivity contribution in [1.29, 1.82) is 0 Å². The van der Waals surface area contributed by atoms with Gasteiger partial charge in [0.25, 0.3) is 0 Å². The number of thiophene rings is 1. The van der Waals surface area contributed by atoms with Gasteiger partial charge in [0.15, 0.2) is 0 Å². The van der Waals surface area contributed by atoms with Gasteiger partial charge >= 0.3 is 0 Å². The highest BCUT2D eigenvalue weighted by molar-refractivity contribution is 7.89. The highest BCUT2D eigenvalue weighted by Gasteiger charge is 2.31. The molecule has 0 amide bonds. The molecule has 1 aliphatic heterocycles. The fourth-order valence-corrected chi connectivity index (χ4v) is 5.61. The molecule has 1 aliphatic rings. The molecule has 0 unspecified atom stereocenters. The van der Waals surface area contributed by atoms with Crippen molar-refractivity contribution in [3.63, 3.8) is 0 Å². The Labute approximate surface area is 160 Å². The number of nitrogens with zero attached hydrogens (tertiary/aromatic N) is 2. The maximum atomic E-state index is 12.8. The Morgan fingerprint density at radius 3 is 2.31 bits per heavy atom. The van der Waals surface area contributed by atoms with Crippen LogP contribution in [0.25, 0.3) is 0 Å². The zero-order chi connectivity index (χ0) is 18.7. The van der Waals surface area contributed by atoms with E-state index in [0.29, 0.717) is 4.90 Å². The SMILES string of the molecule is Cc1ccc(S(=O)(=O)N[C@H](C)[C@H](c2cccs2)N2CCN(C)CC2)cc1. The molecule has 0 radical (unpaired) electrons. The highest BCUT2D eigenvalue weighted by atomic mass is 32.2. The van der Waals surface area contributed by atoms with E-state index in [1.807, 2.05) is 32.0 Å². The lowest BCUT2D eigenvalue weighted by molar-refractivity contribution is 0.0994. The predicted octanol–water partition coefficient (Wildman–Crippen LogP) is 2.71. The van der Waals surface area contributed by atoms with Gasteiger partial charge in [-0.25, -0.2) is 13.1 Å². The van der Waals surface area contributed by atoms with Crippen LogP contribution < -0.4 is 4.72 Å². The van der Waals surface area contributed by atoms with E-state index in [-0.39, 0.29) is 12.1 Å². The molecule has 1 saturated heterocycles. The molecule has 1 fully saturated rings. The van der Waals surface area contributed by atoms with Gasteiger partial charge in [-0.05, 0) is 44.5 Å². The molecular weight excluding hydrogens is 366 g/mol. The molecule has 5 nitrogen and oxygen atoms in total. The quantitative estimate of drug-likeness (QED) is 0.820. The third kappa shape index (κ3) is 4.53. The molecule has 2 aromatic rings. The van der Waals surface area contributed by atoms with E-state index in [4.69, 9.17) is 0 Å². The molecule has 0 saturated carbocycles. The van der Waals surface area contributed by atoms with Crippen LogP contribution in [0.2, 0.25) is 0 Å². The van der Waals surface area contributed by atoms with Crippen molar-refractivity contribution in [3.05, 3.63) is 52.2 Å². The first-order chi connectivity index (χ1) is 12.4. The number of rotatable bonds is 6. The molecule has 7 heteroatoms. The Morgan fingerprint density at radius 2 is 1.73 bits per heavy atom. The van der Waals surface area contributed by atoms with Crippen LogP contribution in [0.4, 0.5) is 0 Å². The van der Waals surface area contributed by atoms with Gasteiger partial charge in [0.1, 0.15) is 0 Å². The summed E-state index contributed by atoms with van der Waals surface area (Å²) in [4.78, 5) is 6.23. The molecule has 1 aromatic heterocycles. The highest BCUT2D eigenvalue weighted by Crippen LogP contribution is 2.30. The van der Waals surface area contributed by atoms with Crippen LogP contribution in [0.5, 0.6) is 0 Å². The maximum Gasteiger partial charge on any atom is 0.240 e. The third-order valence-corrected chi connectivity index (χ3v) is 7.43. The summed E-state index contributed by atoms with van der Waals surface area (Å²) >= 11 is 1.69. The Balaban J connectivity index is 1.81. The second-order valence-corrected chi connectivity index (χ2v) is 9.72. The molecule has 0 aliphatic carbocycles. The van der Waals surface area contributed by atoms with Crippen molar-refractivity contribution < 1.29 is 8.42 Å². The molecular formula is C19H27N3O2S2. The van der Waals surface area contributed by atoms with Crippen LogP contribution in [-0.2, 0) is 10.0 Å². The number of hydrogen-bond donors (Lipinski definition) is 1. The van der Waals surface area contributed by atoms with Crippen molar-refractivity contribution in [2.45, 2.75) is 30.8 Å². The Hall–Kier alpha value is -1.25. The second kappa shape index (κ2) is 8.19. The average molecular weight is 394 g/mol. The molecule has 2 heterocycles. The summed E-state index contributed by atoms with van der Waals surface area (Å²) in [5.74, 6) is 0. The number of sulfonamides is 1. The van der Waals surface area contributed by atoms with Crippen LogP contribution in [0.15, 0.2) is 46.7 Å². The minimum atomic E-state index is -3.54. The fraction of sp³-hybridized carbons (Fsp3) is 0.474. The normalized spacial score (nSPS) is 19.3. The largest absolute Gasteiger partial charge is 0.304 e. The molecule has 26 heavy (non-hydrogen) atoms. The van der Waals surface area contributed by atoms with Crippen molar-refractivity contribution >= 4 is 21.4 Å². The molecule has 2 atom stereocenters. The van der Waals surface area contributed by atoms with Gasteiger partial charge in [-0.2, -0.15) is 0 Å². The van der Waals surface area contributed by atoms with Gasteiger partial charge in [0, 0.05) is 37.1 Å². The van der Waals surface area contributed by atoms with Crippen LogP contribution >= 0.6 is 11.3 Å². The van der Waals surface area contributed by atoms with E-state index >= 15 is 0 Å². The third-order valence-electron chi connectivity index (χ3n) is 4.91. The van der Waals surface area contributed by atoms with E-state index in [1.54, 1.807) is 23.5 Å². The van der Waals surface area contributed by atoms with Crippen molar-refractivity contribution in [2.24, 2.45) is 0 Å². The summed E-state index contributed by atoms with van der Waals surface area (Å²) in [5, 5.41) is 2.06. The minimum Gasteiger partial charge on any atom is -0.304 e. The zero-order valence-electron chi connectivity index (χ0n) is 15.6. The Kier molecular flexibility index (Phi) is 6.14. The fourth-order valence-electron chi connectivity index (χ4n) is 3.40. The summed E-state index contributed by atoms with van der Waals surface area (Å²) in [6.45, 7) is 7.80. The smallest absolute Gasteiger partial charge is 0.240 e. The first-order valence-corrected chi connectivity index (χ1v) is 11.3. The standard InChI is InChI=1S/C19H27N3O2S2/c1-15-6-8-17(9-7-15)26(23,24)20-16(2)19(18-5-4-14-25-18)22-12-10-21(3)11-13-22/h4-9,14,16,19-20H,10-13H2,1-3H3/t16-,19-/m1/s1. The van der Waals surface area contributed by atoms with Gasteiger partial charge in [-0.3, -0.25) is 4.90 Å². The van der Waals surface area contributed by atoms with Crippen molar-refractivity contribution in [2.75, 3.05) is 33.2 Å². The van der Waals surface area contributed by atoms with E-state index in [1.165, 1.54) is 4.88 Å². The van der Waals surface area contributed by atoms with Crippen molar-refractivity contribution in [1.82, 2.24) is 14.5 Å². The predicted molar refractivity (Wildman–Crippen MR) is 107 cm³/mol. The summed E-state index contributed by atoms with van der Waals surface area (Å²) in [6, 6.07) is 11.0. The van der Waals surface area contributed by atoms with E-state index in [9.17, 15) is 8.42 Å². The maximum absolute atomic E-state index is 12.8. The number of aryl methyl sites for hydroxylation is 1. The lowest BCUT2D eigenvalue weighted by atomic mass is 10.1. The van der Waals surface area contributed by atoms with Crippen LogP contribution in [0.3, 0.4) is 0 Å². The number of nitrogens with one attached hydrogen (secondary N) is 1. The van der Waals surface area contributed by atoms with Crippen molar-refractivity contribution in [3.8, 4) is 0 Å². The van der Waals surface area contributed by atoms with Crippen LogP contribution in [0, 0.1) is 6.92 Å². The topological polar surface area (TPSA) is 52.7 Å². The molecule has 1 N–H and O–H groups in total. The monoisotopic (exact) mass is 393 g/mol. The first-order valence-electron chi connectivity index (χ1n) is 8.92. The molecule has 142 valence electrons. The van der Waals surface area contributed by atoms with E-state index < -0.39 is 10.0 Å². The van der Waals surface area contributed by atoms with Gasteiger partial charge in [-0.15, -0.1) is 11.3 Å². The molecule has 0 bridgehead atoms.